The van der Waals surface area contributed by atoms with Crippen molar-refractivity contribution in [3.8, 4) is 11.5 Å². The first-order valence-electron chi connectivity index (χ1n) is 8.37. The standard InChI is InChI=1S/C19H24N2O5S2/c1-13(19(22)20-14-7-6-8-16(11-14)27-4)21(28(5,23)24)17-12-15(25-2)9-10-18(17)26-3/h6-13H,1-5H3,(H,20,22)/t13-/m0/s1. The lowest BCUT2D eigenvalue weighted by atomic mass is 10.2. The molecule has 0 unspecified atom stereocenters. The first kappa shape index (κ1) is 21.9. The molecule has 0 aliphatic rings. The van der Waals surface area contributed by atoms with E-state index in [-0.39, 0.29) is 5.69 Å². The average molecular weight is 425 g/mol. The molecule has 0 fully saturated rings. The number of ether oxygens (including phenoxy) is 2. The maximum absolute atomic E-state index is 12.8. The molecule has 7 nitrogen and oxygen atoms in total. The monoisotopic (exact) mass is 424 g/mol. The molecule has 0 aliphatic heterocycles. The molecule has 2 aromatic rings. The van der Waals surface area contributed by atoms with Gasteiger partial charge >= 0.3 is 0 Å². The van der Waals surface area contributed by atoms with Crippen LogP contribution in [0.4, 0.5) is 11.4 Å². The molecule has 152 valence electrons. The van der Waals surface area contributed by atoms with Gasteiger partial charge in [-0.2, -0.15) is 0 Å². The molecular weight excluding hydrogens is 400 g/mol. The molecule has 0 radical (unpaired) electrons. The van der Waals surface area contributed by atoms with Crippen LogP contribution in [0, 0.1) is 0 Å². The summed E-state index contributed by atoms with van der Waals surface area (Å²) in [5.74, 6) is 0.300. The highest BCUT2D eigenvalue weighted by Crippen LogP contribution is 2.35. The van der Waals surface area contributed by atoms with E-state index in [4.69, 9.17) is 9.47 Å². The number of hydrogen-bond donors (Lipinski definition) is 1. The van der Waals surface area contributed by atoms with Gasteiger partial charge in [-0.1, -0.05) is 6.07 Å². The third-order valence-corrected chi connectivity index (χ3v) is 6.00. The van der Waals surface area contributed by atoms with Crippen molar-refractivity contribution in [2.24, 2.45) is 0 Å². The van der Waals surface area contributed by atoms with Crippen LogP contribution < -0.4 is 19.1 Å². The number of nitrogens with one attached hydrogen (secondary N) is 1. The van der Waals surface area contributed by atoms with Crippen LogP contribution in [-0.4, -0.2) is 47.1 Å². The molecule has 0 aliphatic carbocycles. The van der Waals surface area contributed by atoms with Crippen LogP contribution in [-0.2, 0) is 14.8 Å². The number of hydrogen-bond acceptors (Lipinski definition) is 6. The van der Waals surface area contributed by atoms with Crippen LogP contribution in [0.5, 0.6) is 11.5 Å². The summed E-state index contributed by atoms with van der Waals surface area (Å²) in [5.41, 5.74) is 0.819. The molecule has 0 spiro atoms. The Morgan fingerprint density at radius 3 is 2.43 bits per heavy atom. The van der Waals surface area contributed by atoms with E-state index in [2.05, 4.69) is 5.32 Å². The molecule has 9 heteroatoms. The van der Waals surface area contributed by atoms with Crippen LogP contribution in [0.1, 0.15) is 6.92 Å². The van der Waals surface area contributed by atoms with E-state index in [0.717, 1.165) is 15.5 Å². The van der Waals surface area contributed by atoms with E-state index >= 15 is 0 Å². The van der Waals surface area contributed by atoms with Gasteiger partial charge in [0.25, 0.3) is 0 Å². The first-order chi connectivity index (χ1) is 13.2. The zero-order chi connectivity index (χ0) is 20.9. The zero-order valence-electron chi connectivity index (χ0n) is 16.4. The predicted octanol–water partition coefficient (Wildman–Crippen LogP) is 3.22. The van der Waals surface area contributed by atoms with Crippen LogP contribution in [0.2, 0.25) is 0 Å². The molecule has 0 aromatic heterocycles. The highest BCUT2D eigenvalue weighted by Gasteiger charge is 2.31. The van der Waals surface area contributed by atoms with Crippen LogP contribution in [0.3, 0.4) is 0 Å². The van der Waals surface area contributed by atoms with Gasteiger partial charge in [-0.05, 0) is 43.5 Å². The first-order valence-corrected chi connectivity index (χ1v) is 11.4. The summed E-state index contributed by atoms with van der Waals surface area (Å²) < 4.78 is 36.6. The lowest BCUT2D eigenvalue weighted by Gasteiger charge is -2.29. The van der Waals surface area contributed by atoms with Gasteiger partial charge in [0.2, 0.25) is 15.9 Å². The minimum atomic E-state index is -3.79. The summed E-state index contributed by atoms with van der Waals surface area (Å²) in [4.78, 5) is 13.8. The lowest BCUT2D eigenvalue weighted by Crippen LogP contribution is -2.45. The van der Waals surface area contributed by atoms with Gasteiger partial charge in [0.1, 0.15) is 17.5 Å². The Hall–Kier alpha value is -2.39. The predicted molar refractivity (Wildman–Crippen MR) is 113 cm³/mol. The topological polar surface area (TPSA) is 84.9 Å². The van der Waals surface area contributed by atoms with Crippen molar-refractivity contribution in [1.82, 2.24) is 0 Å². The third kappa shape index (κ3) is 5.11. The van der Waals surface area contributed by atoms with Gasteiger partial charge in [-0.15, -0.1) is 11.8 Å². The molecule has 0 heterocycles. The van der Waals surface area contributed by atoms with Gasteiger partial charge < -0.3 is 14.8 Å². The Morgan fingerprint density at radius 1 is 1.14 bits per heavy atom. The van der Waals surface area contributed by atoms with Crippen LogP contribution >= 0.6 is 11.8 Å². The van der Waals surface area contributed by atoms with Gasteiger partial charge in [0, 0.05) is 16.6 Å². The fraction of sp³-hybridized carbons (Fsp3) is 0.316. The van der Waals surface area contributed by atoms with E-state index in [0.29, 0.717) is 17.2 Å². The molecule has 0 saturated heterocycles. The highest BCUT2D eigenvalue weighted by molar-refractivity contribution is 7.98. The minimum Gasteiger partial charge on any atom is -0.497 e. The third-order valence-electron chi connectivity index (χ3n) is 4.05. The number of nitrogens with zero attached hydrogens (tertiary/aromatic N) is 1. The second-order valence-corrected chi connectivity index (χ2v) is 8.73. The van der Waals surface area contributed by atoms with Gasteiger partial charge in [0.15, 0.2) is 0 Å². The molecule has 1 atom stereocenters. The summed E-state index contributed by atoms with van der Waals surface area (Å²) in [6.07, 6.45) is 2.98. The number of carbonyl (C=O) groups is 1. The number of amides is 1. The number of rotatable bonds is 8. The molecule has 2 rings (SSSR count). The molecule has 0 saturated carbocycles. The second kappa shape index (κ2) is 9.20. The molecule has 1 amide bonds. The lowest BCUT2D eigenvalue weighted by molar-refractivity contribution is -0.116. The zero-order valence-corrected chi connectivity index (χ0v) is 18.1. The van der Waals surface area contributed by atoms with Gasteiger partial charge in [-0.3, -0.25) is 9.10 Å². The molecule has 0 bridgehead atoms. The number of benzene rings is 2. The summed E-state index contributed by atoms with van der Waals surface area (Å²) in [6, 6.07) is 11.1. The maximum Gasteiger partial charge on any atom is 0.247 e. The number of anilines is 2. The van der Waals surface area contributed by atoms with E-state index in [1.54, 1.807) is 30.0 Å². The number of carbonyl (C=O) groups excluding carboxylic acids is 1. The Labute approximate surface area is 170 Å². The quantitative estimate of drug-likeness (QED) is 0.655. The molecule has 28 heavy (non-hydrogen) atoms. The number of methoxy groups -OCH3 is 2. The Kier molecular flexibility index (Phi) is 7.20. The summed E-state index contributed by atoms with van der Waals surface area (Å²) in [5, 5.41) is 2.77. The van der Waals surface area contributed by atoms with E-state index in [9.17, 15) is 13.2 Å². The average Bonchev–Trinajstić information content (AvgIpc) is 2.66. The fourth-order valence-electron chi connectivity index (χ4n) is 2.70. The molecule has 1 N–H and O–H groups in total. The Bertz CT molecular complexity index is 947. The largest absolute Gasteiger partial charge is 0.497 e. The summed E-state index contributed by atoms with van der Waals surface area (Å²) in [6.45, 7) is 1.52. The summed E-state index contributed by atoms with van der Waals surface area (Å²) in [7, 11) is -0.880. The van der Waals surface area contributed by atoms with Gasteiger partial charge in [0.05, 0.1) is 26.2 Å². The van der Waals surface area contributed by atoms with E-state index in [1.807, 2.05) is 24.5 Å². The van der Waals surface area contributed by atoms with E-state index in [1.165, 1.54) is 27.2 Å². The smallest absolute Gasteiger partial charge is 0.247 e. The van der Waals surface area contributed by atoms with E-state index < -0.39 is 22.0 Å². The SMILES string of the molecule is COc1ccc(OC)c(N([C@@H](C)C(=O)Nc2cccc(SC)c2)S(C)(=O)=O)c1. The highest BCUT2D eigenvalue weighted by atomic mass is 32.2. The van der Waals surface area contributed by atoms with Crippen molar-refractivity contribution in [1.29, 1.82) is 0 Å². The Balaban J connectivity index is 2.42. The fourth-order valence-corrected chi connectivity index (χ4v) is 4.33. The minimum absolute atomic E-state index is 0.227. The van der Waals surface area contributed by atoms with Crippen molar-refractivity contribution < 1.29 is 22.7 Å². The number of sulfonamides is 1. The number of thioether (sulfide) groups is 1. The molecular formula is C19H24N2O5S2. The van der Waals surface area contributed by atoms with Crippen molar-refractivity contribution in [3.05, 3.63) is 42.5 Å². The van der Waals surface area contributed by atoms with Crippen molar-refractivity contribution >= 4 is 39.1 Å². The van der Waals surface area contributed by atoms with Crippen molar-refractivity contribution in [2.75, 3.05) is 36.4 Å². The maximum atomic E-state index is 12.8. The Morgan fingerprint density at radius 2 is 1.86 bits per heavy atom. The van der Waals surface area contributed by atoms with Gasteiger partial charge in [-0.25, -0.2) is 8.42 Å². The normalized spacial score (nSPS) is 12.2. The van der Waals surface area contributed by atoms with Crippen LogP contribution in [0.15, 0.2) is 47.4 Å². The summed E-state index contributed by atoms with van der Waals surface area (Å²) >= 11 is 1.55. The van der Waals surface area contributed by atoms with Crippen LogP contribution in [0.25, 0.3) is 0 Å². The molecule has 2 aromatic carbocycles. The van der Waals surface area contributed by atoms with Crippen molar-refractivity contribution in [3.63, 3.8) is 0 Å². The van der Waals surface area contributed by atoms with Crippen molar-refractivity contribution in [2.45, 2.75) is 17.9 Å². The second-order valence-electron chi connectivity index (χ2n) is 5.99.